The Labute approximate surface area is 93.9 Å². The first kappa shape index (κ1) is 13.3. The van der Waals surface area contributed by atoms with Gasteiger partial charge < -0.3 is 10.8 Å². The van der Waals surface area contributed by atoms with Crippen LogP contribution in [0.2, 0.25) is 0 Å². The number of amidine groups is 1. The molecule has 94 valence electrons. The molecule has 0 unspecified atom stereocenters. The van der Waals surface area contributed by atoms with Crippen LogP contribution in [-0.2, 0) is 0 Å². The zero-order valence-electron chi connectivity index (χ0n) is 9.25. The van der Waals surface area contributed by atoms with Gasteiger partial charge in [0.05, 0.1) is 19.0 Å². The number of alkyl halides is 2. The van der Waals surface area contributed by atoms with Gasteiger partial charge in [-0.3, -0.25) is 10.3 Å². The van der Waals surface area contributed by atoms with Gasteiger partial charge in [0.2, 0.25) is 0 Å². The van der Waals surface area contributed by atoms with E-state index in [1.807, 2.05) is 0 Å². The molecule has 0 atom stereocenters. The molecule has 0 heterocycles. The molecule has 0 aromatic heterocycles. The van der Waals surface area contributed by atoms with Crippen molar-refractivity contribution in [3.05, 3.63) is 0 Å². The van der Waals surface area contributed by atoms with Crippen molar-refractivity contribution in [1.82, 2.24) is 4.90 Å². The van der Waals surface area contributed by atoms with Crippen LogP contribution < -0.4 is 5.73 Å². The van der Waals surface area contributed by atoms with E-state index in [9.17, 15) is 8.78 Å². The molecule has 1 aliphatic rings. The van der Waals surface area contributed by atoms with Gasteiger partial charge in [0.1, 0.15) is 0 Å². The first-order valence-corrected chi connectivity index (χ1v) is 5.42. The molecule has 16 heavy (non-hydrogen) atoms. The van der Waals surface area contributed by atoms with Crippen molar-refractivity contribution < 1.29 is 13.9 Å². The van der Waals surface area contributed by atoms with Gasteiger partial charge in [-0.05, 0) is 18.3 Å². The van der Waals surface area contributed by atoms with Crippen molar-refractivity contribution >= 4 is 5.84 Å². The maximum Gasteiger partial charge on any atom is 0.251 e. The number of aliphatic hydroxyl groups is 1. The zero-order valence-corrected chi connectivity index (χ0v) is 9.25. The minimum atomic E-state index is -2.39. The van der Waals surface area contributed by atoms with Crippen LogP contribution in [0.25, 0.3) is 0 Å². The fourth-order valence-electron chi connectivity index (χ4n) is 2.02. The van der Waals surface area contributed by atoms with Crippen LogP contribution in [-0.4, -0.2) is 48.5 Å². The van der Waals surface area contributed by atoms with Gasteiger partial charge in [0.15, 0.2) is 0 Å². The first-order chi connectivity index (χ1) is 7.47. The number of halogens is 2. The third kappa shape index (κ3) is 4.40. The van der Waals surface area contributed by atoms with E-state index in [2.05, 4.69) is 0 Å². The summed E-state index contributed by atoms with van der Waals surface area (Å²) in [5, 5.41) is 16.0. The second-order valence-electron chi connectivity index (χ2n) is 4.55. The van der Waals surface area contributed by atoms with Crippen LogP contribution in [0.15, 0.2) is 0 Å². The number of nitrogens with two attached hydrogens (primary N) is 1. The molecule has 1 aliphatic carbocycles. The van der Waals surface area contributed by atoms with Gasteiger partial charge in [-0.25, -0.2) is 8.78 Å². The summed E-state index contributed by atoms with van der Waals surface area (Å²) in [7, 11) is 0. The monoisotopic (exact) mass is 235 g/mol. The highest BCUT2D eigenvalue weighted by molar-refractivity contribution is 5.78. The Hall–Kier alpha value is -0.750. The van der Waals surface area contributed by atoms with E-state index < -0.39 is 6.43 Å². The van der Waals surface area contributed by atoms with E-state index in [1.165, 1.54) is 0 Å². The van der Waals surface area contributed by atoms with Crippen LogP contribution in [0.1, 0.15) is 19.3 Å². The molecule has 0 spiro atoms. The molecule has 0 aromatic rings. The molecule has 0 bridgehead atoms. The third-order valence-electron chi connectivity index (χ3n) is 2.89. The van der Waals surface area contributed by atoms with Gasteiger partial charge in [0, 0.05) is 19.5 Å². The average Bonchev–Trinajstić information content (AvgIpc) is 2.82. The molecule has 0 aliphatic heterocycles. The fraction of sp³-hybridized carbons (Fsp3) is 0.900. The number of nitrogens with one attached hydrogen (secondary N) is 1. The Bertz CT molecular complexity index is 244. The predicted molar refractivity (Wildman–Crippen MR) is 57.7 cm³/mol. The smallest absolute Gasteiger partial charge is 0.251 e. The summed E-state index contributed by atoms with van der Waals surface area (Å²) < 4.78 is 24.6. The number of nitrogens with zero attached hydrogens (tertiary/aromatic N) is 1. The van der Waals surface area contributed by atoms with E-state index in [4.69, 9.17) is 16.2 Å². The van der Waals surface area contributed by atoms with E-state index >= 15 is 0 Å². The summed E-state index contributed by atoms with van der Waals surface area (Å²) in [6.07, 6.45) is -0.0621. The lowest BCUT2D eigenvalue weighted by molar-refractivity contribution is 0.0678. The van der Waals surface area contributed by atoms with Crippen LogP contribution in [0, 0.1) is 10.8 Å². The molecule has 0 radical (unpaired) electrons. The molecule has 1 fully saturated rings. The second-order valence-corrected chi connectivity index (χ2v) is 4.55. The quantitative estimate of drug-likeness (QED) is 0.427. The van der Waals surface area contributed by atoms with Gasteiger partial charge in [-0.15, -0.1) is 0 Å². The van der Waals surface area contributed by atoms with Gasteiger partial charge in [-0.2, -0.15) is 0 Å². The van der Waals surface area contributed by atoms with Crippen molar-refractivity contribution in [3.8, 4) is 0 Å². The number of rotatable bonds is 8. The lowest BCUT2D eigenvalue weighted by Gasteiger charge is -2.26. The maximum absolute atomic E-state index is 12.3. The van der Waals surface area contributed by atoms with Crippen molar-refractivity contribution in [2.75, 3.05) is 26.2 Å². The van der Waals surface area contributed by atoms with E-state index in [0.717, 1.165) is 12.8 Å². The van der Waals surface area contributed by atoms with E-state index in [-0.39, 0.29) is 30.9 Å². The Balaban J connectivity index is 2.44. The summed E-state index contributed by atoms with van der Waals surface area (Å²) in [5.74, 6) is 0.110. The lowest BCUT2D eigenvalue weighted by Crippen LogP contribution is -2.37. The molecule has 1 saturated carbocycles. The molecule has 6 heteroatoms. The topological polar surface area (TPSA) is 73.3 Å². The maximum atomic E-state index is 12.3. The minimum Gasteiger partial charge on any atom is -0.395 e. The molecule has 0 amide bonds. The van der Waals surface area contributed by atoms with Gasteiger partial charge in [-0.1, -0.05) is 0 Å². The third-order valence-corrected chi connectivity index (χ3v) is 2.89. The van der Waals surface area contributed by atoms with Crippen LogP contribution in [0.4, 0.5) is 8.78 Å². The normalized spacial score (nSPS) is 18.1. The molecule has 4 nitrogen and oxygen atoms in total. The van der Waals surface area contributed by atoms with Crippen LogP contribution >= 0.6 is 0 Å². The van der Waals surface area contributed by atoms with E-state index in [0.29, 0.717) is 13.0 Å². The summed E-state index contributed by atoms with van der Waals surface area (Å²) in [5.41, 5.74) is 5.25. The van der Waals surface area contributed by atoms with Crippen molar-refractivity contribution in [2.24, 2.45) is 11.1 Å². The number of hydrogen-bond acceptors (Lipinski definition) is 3. The van der Waals surface area contributed by atoms with Crippen LogP contribution in [0.3, 0.4) is 0 Å². The lowest BCUT2D eigenvalue weighted by atomic mass is 10.0. The molecular weight excluding hydrogens is 216 g/mol. The predicted octanol–water partition coefficient (Wildman–Crippen LogP) is 0.652. The Kier molecular flexibility index (Phi) is 4.61. The Morgan fingerprint density at radius 2 is 2.12 bits per heavy atom. The van der Waals surface area contributed by atoms with Crippen molar-refractivity contribution in [3.63, 3.8) is 0 Å². The highest BCUT2D eigenvalue weighted by Gasteiger charge is 2.44. The molecule has 0 aromatic carbocycles. The molecular formula is C10H19F2N3O. The van der Waals surface area contributed by atoms with Gasteiger partial charge in [0.25, 0.3) is 6.43 Å². The van der Waals surface area contributed by atoms with Gasteiger partial charge >= 0.3 is 0 Å². The standard InChI is InChI=1S/C10H19F2N3O/c11-8(12)6-15(3-4-16)7-10(1-2-10)5-9(13)14/h8,16H,1-7H2,(H3,13,14). The Morgan fingerprint density at radius 3 is 2.50 bits per heavy atom. The Morgan fingerprint density at radius 1 is 1.50 bits per heavy atom. The van der Waals surface area contributed by atoms with Crippen LogP contribution in [0.5, 0.6) is 0 Å². The van der Waals surface area contributed by atoms with Crippen molar-refractivity contribution in [1.29, 1.82) is 5.41 Å². The first-order valence-electron chi connectivity index (χ1n) is 5.42. The highest BCUT2D eigenvalue weighted by atomic mass is 19.3. The second kappa shape index (κ2) is 5.54. The SMILES string of the molecule is N=C(N)CC1(CN(CCO)CC(F)F)CC1. The summed E-state index contributed by atoms with van der Waals surface area (Å²) in [6.45, 7) is 0.310. The average molecular weight is 235 g/mol. The molecule has 4 N–H and O–H groups in total. The molecule has 0 saturated heterocycles. The summed E-state index contributed by atoms with van der Waals surface area (Å²) in [4.78, 5) is 1.56. The summed E-state index contributed by atoms with van der Waals surface area (Å²) >= 11 is 0. The highest BCUT2D eigenvalue weighted by Crippen LogP contribution is 2.49. The number of hydrogen-bond donors (Lipinski definition) is 3. The van der Waals surface area contributed by atoms with E-state index in [1.54, 1.807) is 4.90 Å². The van der Waals surface area contributed by atoms with Crippen molar-refractivity contribution in [2.45, 2.75) is 25.7 Å². The molecule has 1 rings (SSSR count). The fourth-order valence-corrected chi connectivity index (χ4v) is 2.02. The summed E-state index contributed by atoms with van der Waals surface area (Å²) in [6, 6.07) is 0. The number of aliphatic hydroxyl groups excluding tert-OH is 1. The minimum absolute atomic E-state index is 0.0874. The zero-order chi connectivity index (χ0) is 12.2. The largest absolute Gasteiger partial charge is 0.395 e.